The Kier molecular flexibility index (Phi) is 12.5. The molecule has 2 amide bonds. The summed E-state index contributed by atoms with van der Waals surface area (Å²) in [7, 11) is 0. The number of anilines is 2. The highest BCUT2D eigenvalue weighted by molar-refractivity contribution is 6.09. The van der Waals surface area contributed by atoms with Crippen LogP contribution in [0.3, 0.4) is 0 Å². The van der Waals surface area contributed by atoms with Crippen LogP contribution in [0.1, 0.15) is 53.5 Å². The van der Waals surface area contributed by atoms with Crippen molar-refractivity contribution in [3.63, 3.8) is 0 Å². The largest absolute Gasteiger partial charge is 0.505 e. The van der Waals surface area contributed by atoms with Gasteiger partial charge in [-0.3, -0.25) is 19.7 Å². The van der Waals surface area contributed by atoms with Gasteiger partial charge < -0.3 is 27.2 Å². The number of amides is 2. The van der Waals surface area contributed by atoms with Gasteiger partial charge in [0.25, 0.3) is 17.5 Å². The Labute approximate surface area is 250 Å². The predicted octanol–water partition coefficient (Wildman–Crippen LogP) is 6.59. The zero-order valence-corrected chi connectivity index (χ0v) is 24.7. The van der Waals surface area contributed by atoms with Crippen molar-refractivity contribution < 1.29 is 19.6 Å². The number of rotatable bonds is 9. The molecule has 0 aliphatic heterocycles. The second kappa shape index (κ2) is 16.0. The molecule has 7 N–H and O–H groups in total. The van der Waals surface area contributed by atoms with Gasteiger partial charge in [0.2, 0.25) is 0 Å². The van der Waals surface area contributed by atoms with Crippen LogP contribution in [-0.2, 0) is 0 Å². The van der Waals surface area contributed by atoms with E-state index >= 15 is 0 Å². The minimum absolute atomic E-state index is 0.0280. The minimum Gasteiger partial charge on any atom is -0.505 e. The average Bonchev–Trinajstić information content (AvgIpc) is 2.96. The summed E-state index contributed by atoms with van der Waals surface area (Å²) in [6.07, 6.45) is 13.0. The number of hydrogen-bond acceptors (Lipinski definition) is 7. The van der Waals surface area contributed by atoms with Crippen LogP contribution in [0, 0.1) is 17.0 Å². The molecule has 0 aliphatic carbocycles. The summed E-state index contributed by atoms with van der Waals surface area (Å²) in [5, 5.41) is 27.4. The van der Waals surface area contributed by atoms with Gasteiger partial charge in [-0.1, -0.05) is 49.9 Å². The number of carbonyl (C=O) groups is 2. The molecule has 0 unspecified atom stereocenters. The Morgan fingerprint density at radius 1 is 1.00 bits per heavy atom. The monoisotopic (exact) mass is 583 g/mol. The summed E-state index contributed by atoms with van der Waals surface area (Å²) in [6, 6.07) is 10.8. The number of phenols is 1. The van der Waals surface area contributed by atoms with E-state index in [9.17, 15) is 24.8 Å². The first-order chi connectivity index (χ1) is 20.5. The van der Waals surface area contributed by atoms with Crippen LogP contribution < -0.4 is 22.1 Å². The maximum absolute atomic E-state index is 12.8. The highest BCUT2D eigenvalue weighted by Crippen LogP contribution is 2.34. The molecule has 0 bridgehead atoms. The van der Waals surface area contributed by atoms with Crippen LogP contribution in [0.25, 0.3) is 10.8 Å². The van der Waals surface area contributed by atoms with E-state index in [1.807, 2.05) is 32.9 Å². The summed E-state index contributed by atoms with van der Waals surface area (Å²) in [5.74, 6) is -1.11. The number of nitro groups is 1. The zero-order valence-electron chi connectivity index (χ0n) is 24.7. The molecule has 3 aromatic rings. The lowest BCUT2D eigenvalue weighted by molar-refractivity contribution is -0.384. The molecule has 0 fully saturated rings. The highest BCUT2D eigenvalue weighted by Gasteiger charge is 2.18. The number of aryl methyl sites for hydroxylation is 1. The number of nitrogens with zero attached hydrogens (tertiary/aromatic N) is 1. The molecule has 0 saturated heterocycles. The first kappa shape index (κ1) is 33.6. The molecule has 0 atom stereocenters. The third-order valence-corrected chi connectivity index (χ3v) is 6.06. The maximum Gasteiger partial charge on any atom is 0.271 e. The van der Waals surface area contributed by atoms with Gasteiger partial charge >= 0.3 is 0 Å². The number of carbonyl (C=O) groups excluding carboxylic acids is 2. The first-order valence-electron chi connectivity index (χ1n) is 13.4. The van der Waals surface area contributed by atoms with Crippen molar-refractivity contribution >= 4 is 39.6 Å². The fourth-order valence-corrected chi connectivity index (χ4v) is 3.89. The molecule has 0 aromatic heterocycles. The van der Waals surface area contributed by atoms with E-state index in [2.05, 4.69) is 17.2 Å². The van der Waals surface area contributed by atoms with Gasteiger partial charge in [0.15, 0.2) is 5.75 Å². The number of aromatic hydroxyl groups is 1. The Morgan fingerprint density at radius 2 is 1.65 bits per heavy atom. The van der Waals surface area contributed by atoms with Crippen LogP contribution in [0.2, 0.25) is 0 Å². The lowest BCUT2D eigenvalue weighted by Crippen LogP contribution is -2.22. The summed E-state index contributed by atoms with van der Waals surface area (Å²) in [6.45, 7) is 11.1. The Morgan fingerprint density at radius 3 is 2.23 bits per heavy atom. The summed E-state index contributed by atoms with van der Waals surface area (Å²) >= 11 is 0. The van der Waals surface area contributed by atoms with Crippen molar-refractivity contribution in [2.24, 2.45) is 0 Å². The van der Waals surface area contributed by atoms with Gasteiger partial charge in [-0.05, 0) is 74.6 Å². The molecule has 0 spiro atoms. The van der Waals surface area contributed by atoms with E-state index in [-0.39, 0.29) is 28.6 Å². The van der Waals surface area contributed by atoms with Crippen molar-refractivity contribution in [3.8, 4) is 5.75 Å². The van der Waals surface area contributed by atoms with E-state index in [0.29, 0.717) is 33.4 Å². The molecule has 0 aliphatic rings. The second-order valence-corrected chi connectivity index (χ2v) is 9.25. The minimum atomic E-state index is -0.493. The average molecular weight is 584 g/mol. The number of nitro benzene ring substituents is 1. The topological polar surface area (TPSA) is 174 Å². The smallest absolute Gasteiger partial charge is 0.271 e. The predicted molar refractivity (Wildman–Crippen MR) is 173 cm³/mol. The number of nitrogen functional groups attached to an aromatic ring is 2. The number of nitrogens with one attached hydrogen (secondary N) is 2. The summed E-state index contributed by atoms with van der Waals surface area (Å²) in [5.41, 5.74) is 14.6. The van der Waals surface area contributed by atoms with Crippen molar-refractivity contribution in [2.75, 3.05) is 11.5 Å². The lowest BCUT2D eigenvalue weighted by Gasteiger charge is -2.13. The number of fused-ring (bicyclic) bond motifs is 1. The maximum atomic E-state index is 12.8. The van der Waals surface area contributed by atoms with Gasteiger partial charge in [0, 0.05) is 40.2 Å². The quantitative estimate of drug-likeness (QED) is 0.0621. The number of benzene rings is 3. The molecular weight excluding hydrogens is 546 g/mol. The lowest BCUT2D eigenvalue weighted by atomic mass is 10.0. The van der Waals surface area contributed by atoms with Crippen molar-refractivity contribution in [2.45, 2.75) is 34.1 Å². The Bertz CT molecular complexity index is 1650. The molecule has 10 heteroatoms. The SMILES string of the molecule is C=C/C=C(\C=C/C)NC(=O)c1ccc2c(N)c(O)c(C(=O)NC(/C=C\C)=C/CC)cc2c1.Cc1ccc([N+](=O)[O-])cc1N. The van der Waals surface area contributed by atoms with E-state index in [4.69, 9.17) is 11.5 Å². The van der Waals surface area contributed by atoms with Gasteiger partial charge in [-0.15, -0.1) is 0 Å². The zero-order chi connectivity index (χ0) is 32.1. The standard InChI is InChI=1S/C26H29N3O3.C7H8N2O2/c1-5-9-19(10-6-2)28-25(31)17-13-14-21-18(15-17)16-22(24(30)23(21)27)26(32)29-20(11-7-3)12-8-4;1-5-2-3-6(9(10)11)4-7(5)8/h5-7,9-16,30H,1,8,27H2,2-4H3,(H,28,31)(H,29,32);2-4H,8H2,1H3/b10-6-,11-7-,19-9+,20-12+;. The van der Waals surface area contributed by atoms with E-state index in [1.165, 1.54) is 18.2 Å². The van der Waals surface area contributed by atoms with Gasteiger partial charge in [0.05, 0.1) is 16.2 Å². The van der Waals surface area contributed by atoms with Crippen LogP contribution in [0.15, 0.2) is 103 Å². The third kappa shape index (κ3) is 9.19. The molecule has 0 radical (unpaired) electrons. The normalized spacial score (nSPS) is 11.7. The molecule has 0 heterocycles. The van der Waals surface area contributed by atoms with Crippen LogP contribution in [0.5, 0.6) is 5.75 Å². The summed E-state index contributed by atoms with van der Waals surface area (Å²) < 4.78 is 0. The van der Waals surface area contributed by atoms with Crippen molar-refractivity contribution in [1.82, 2.24) is 10.6 Å². The van der Waals surface area contributed by atoms with Crippen LogP contribution in [0.4, 0.5) is 17.1 Å². The third-order valence-electron chi connectivity index (χ3n) is 6.06. The molecule has 3 aromatic carbocycles. The number of non-ortho nitro benzene ring substituents is 1. The first-order valence-corrected chi connectivity index (χ1v) is 13.4. The van der Waals surface area contributed by atoms with E-state index in [0.717, 1.165) is 12.0 Å². The summed E-state index contributed by atoms with van der Waals surface area (Å²) in [4.78, 5) is 35.3. The number of allylic oxidation sites excluding steroid dienone is 7. The van der Waals surface area contributed by atoms with Crippen LogP contribution in [-0.4, -0.2) is 21.8 Å². The second-order valence-electron chi connectivity index (χ2n) is 9.25. The van der Waals surface area contributed by atoms with Gasteiger partial charge in [-0.2, -0.15) is 0 Å². The highest BCUT2D eigenvalue weighted by atomic mass is 16.6. The molecule has 0 saturated carbocycles. The molecular formula is C33H37N5O5. The van der Waals surface area contributed by atoms with Gasteiger partial charge in [0.1, 0.15) is 0 Å². The molecule has 43 heavy (non-hydrogen) atoms. The fourth-order valence-electron chi connectivity index (χ4n) is 3.89. The van der Waals surface area contributed by atoms with E-state index in [1.54, 1.807) is 61.6 Å². The Hall–Kier alpha value is -5.64. The van der Waals surface area contributed by atoms with Gasteiger partial charge in [-0.25, -0.2) is 0 Å². The number of phenolic OH excluding ortho intramolecular Hbond substituents is 1. The molecule has 3 rings (SSSR count). The number of hydrogen-bond donors (Lipinski definition) is 5. The van der Waals surface area contributed by atoms with Crippen LogP contribution >= 0.6 is 0 Å². The molecule has 224 valence electrons. The fraction of sp³-hybridized carbons (Fsp3) is 0.152. The molecule has 10 nitrogen and oxygen atoms in total. The van der Waals surface area contributed by atoms with Crippen molar-refractivity contribution in [1.29, 1.82) is 0 Å². The number of nitrogens with two attached hydrogens (primary N) is 2. The van der Waals surface area contributed by atoms with E-state index < -0.39 is 10.8 Å². The Balaban J connectivity index is 0.000000490. The van der Waals surface area contributed by atoms with Crippen molar-refractivity contribution in [3.05, 3.63) is 130 Å².